The van der Waals surface area contributed by atoms with Crippen molar-refractivity contribution in [1.82, 2.24) is 5.32 Å². The van der Waals surface area contributed by atoms with E-state index >= 15 is 0 Å². The second kappa shape index (κ2) is 8.64. The molecule has 1 rings (SSSR count). The minimum atomic E-state index is -0.978. The second-order valence-corrected chi connectivity index (χ2v) is 5.38. The molecule has 0 heterocycles. The molecule has 6 heteroatoms. The van der Waals surface area contributed by atoms with Crippen molar-refractivity contribution < 1.29 is 19.4 Å². The van der Waals surface area contributed by atoms with Crippen LogP contribution in [0.5, 0.6) is 0 Å². The third kappa shape index (κ3) is 7.11. The van der Waals surface area contributed by atoms with Crippen molar-refractivity contribution in [1.29, 1.82) is 0 Å². The van der Waals surface area contributed by atoms with E-state index in [1.165, 1.54) is 0 Å². The van der Waals surface area contributed by atoms with E-state index in [2.05, 4.69) is 5.32 Å². The minimum Gasteiger partial charge on any atom is -0.481 e. The van der Waals surface area contributed by atoms with Gasteiger partial charge in [-0.05, 0) is 31.5 Å². The SMILES string of the molecule is CC(C)OCCC(=O)N[C@@H](CC(=O)O)c1ccc(Cl)cc1. The number of aliphatic carboxylic acids is 1. The number of hydrogen-bond donors (Lipinski definition) is 2. The Morgan fingerprint density at radius 2 is 1.90 bits per heavy atom. The van der Waals surface area contributed by atoms with Crippen molar-refractivity contribution in [3.8, 4) is 0 Å². The van der Waals surface area contributed by atoms with E-state index in [1.54, 1.807) is 24.3 Å². The number of ether oxygens (including phenoxy) is 1. The number of carboxylic acid groups (broad SMARTS) is 1. The average Bonchev–Trinajstić information content (AvgIpc) is 2.37. The molecule has 21 heavy (non-hydrogen) atoms. The molecule has 0 fully saturated rings. The molecule has 0 aliphatic rings. The first-order chi connectivity index (χ1) is 9.88. The Morgan fingerprint density at radius 3 is 2.43 bits per heavy atom. The molecule has 2 N–H and O–H groups in total. The second-order valence-electron chi connectivity index (χ2n) is 4.94. The van der Waals surface area contributed by atoms with E-state index in [0.29, 0.717) is 17.2 Å². The maximum atomic E-state index is 11.8. The van der Waals surface area contributed by atoms with E-state index < -0.39 is 12.0 Å². The van der Waals surface area contributed by atoms with E-state index in [0.717, 1.165) is 0 Å². The van der Waals surface area contributed by atoms with Crippen molar-refractivity contribution in [2.45, 2.75) is 38.8 Å². The van der Waals surface area contributed by atoms with Crippen molar-refractivity contribution in [3.63, 3.8) is 0 Å². The van der Waals surface area contributed by atoms with Crippen LogP contribution < -0.4 is 5.32 Å². The molecular weight excluding hydrogens is 294 g/mol. The first-order valence-electron chi connectivity index (χ1n) is 6.76. The zero-order valence-electron chi connectivity index (χ0n) is 12.1. The predicted molar refractivity (Wildman–Crippen MR) is 80.3 cm³/mol. The fourth-order valence-electron chi connectivity index (χ4n) is 1.78. The minimum absolute atomic E-state index is 0.0591. The van der Waals surface area contributed by atoms with E-state index in [1.807, 2.05) is 13.8 Å². The van der Waals surface area contributed by atoms with Gasteiger partial charge in [0.25, 0.3) is 0 Å². The third-order valence-electron chi connectivity index (χ3n) is 2.77. The third-order valence-corrected chi connectivity index (χ3v) is 3.02. The molecule has 0 aliphatic carbocycles. The summed E-state index contributed by atoms with van der Waals surface area (Å²) in [6, 6.07) is 6.17. The number of carbonyl (C=O) groups is 2. The highest BCUT2D eigenvalue weighted by molar-refractivity contribution is 6.30. The molecule has 0 unspecified atom stereocenters. The van der Waals surface area contributed by atoms with Crippen LogP contribution in [0.3, 0.4) is 0 Å². The van der Waals surface area contributed by atoms with Crippen LogP contribution in [0, 0.1) is 0 Å². The monoisotopic (exact) mass is 313 g/mol. The summed E-state index contributed by atoms with van der Waals surface area (Å²) in [5.74, 6) is -1.22. The van der Waals surface area contributed by atoms with Gasteiger partial charge in [0.15, 0.2) is 0 Å². The number of hydrogen-bond acceptors (Lipinski definition) is 3. The Kier molecular flexibility index (Phi) is 7.19. The predicted octanol–water partition coefficient (Wildman–Crippen LogP) is 2.79. The molecule has 116 valence electrons. The summed E-state index contributed by atoms with van der Waals surface area (Å²) >= 11 is 5.81. The van der Waals surface area contributed by atoms with Gasteiger partial charge in [-0.15, -0.1) is 0 Å². The highest BCUT2D eigenvalue weighted by atomic mass is 35.5. The molecule has 0 saturated carbocycles. The van der Waals surface area contributed by atoms with Crippen LogP contribution in [0.2, 0.25) is 5.02 Å². The zero-order valence-corrected chi connectivity index (χ0v) is 12.9. The zero-order chi connectivity index (χ0) is 15.8. The van der Waals surface area contributed by atoms with E-state index in [-0.39, 0.29) is 24.9 Å². The van der Waals surface area contributed by atoms with Crippen LogP contribution in [-0.4, -0.2) is 29.7 Å². The molecule has 1 aromatic carbocycles. The van der Waals surface area contributed by atoms with Crippen LogP contribution in [-0.2, 0) is 14.3 Å². The Bertz CT molecular complexity index is 473. The van der Waals surface area contributed by atoms with E-state index in [4.69, 9.17) is 21.4 Å². The van der Waals surface area contributed by atoms with Gasteiger partial charge in [-0.1, -0.05) is 23.7 Å². The van der Waals surface area contributed by atoms with Gasteiger partial charge < -0.3 is 15.2 Å². The number of carboxylic acids is 1. The fraction of sp³-hybridized carbons (Fsp3) is 0.467. The van der Waals surface area contributed by atoms with Crippen LogP contribution >= 0.6 is 11.6 Å². The Balaban J connectivity index is 2.63. The van der Waals surface area contributed by atoms with Crippen LogP contribution in [0.25, 0.3) is 0 Å². The summed E-state index contributed by atoms with van der Waals surface area (Å²) in [7, 11) is 0. The maximum Gasteiger partial charge on any atom is 0.305 e. The Labute approximate surface area is 129 Å². The Hall–Kier alpha value is -1.59. The highest BCUT2D eigenvalue weighted by Crippen LogP contribution is 2.19. The lowest BCUT2D eigenvalue weighted by Gasteiger charge is -2.18. The number of nitrogens with one attached hydrogen (secondary N) is 1. The largest absolute Gasteiger partial charge is 0.481 e. The molecule has 5 nitrogen and oxygen atoms in total. The molecule has 0 spiro atoms. The van der Waals surface area contributed by atoms with Crippen LogP contribution in [0.15, 0.2) is 24.3 Å². The van der Waals surface area contributed by atoms with Gasteiger partial charge in [-0.2, -0.15) is 0 Å². The van der Waals surface area contributed by atoms with Crippen LogP contribution in [0.4, 0.5) is 0 Å². The summed E-state index contributed by atoms with van der Waals surface area (Å²) in [5.41, 5.74) is 0.708. The van der Waals surface area contributed by atoms with Crippen molar-refractivity contribution >= 4 is 23.5 Å². The lowest BCUT2D eigenvalue weighted by molar-refractivity contribution is -0.137. The number of amides is 1. The van der Waals surface area contributed by atoms with Gasteiger partial charge in [-0.3, -0.25) is 9.59 Å². The maximum absolute atomic E-state index is 11.8. The molecule has 0 saturated heterocycles. The normalized spacial score (nSPS) is 12.2. The summed E-state index contributed by atoms with van der Waals surface area (Å²) in [6.07, 6.45) is 0.0733. The van der Waals surface area contributed by atoms with Gasteiger partial charge in [0.05, 0.1) is 25.2 Å². The molecule has 0 aliphatic heterocycles. The standard InChI is InChI=1S/C15H20ClNO4/c1-10(2)21-8-7-14(18)17-13(9-15(19)20)11-3-5-12(16)6-4-11/h3-6,10,13H,7-9H2,1-2H3,(H,17,18)(H,19,20)/t13-/m0/s1. The molecule has 1 atom stereocenters. The van der Waals surface area contributed by atoms with Gasteiger partial charge >= 0.3 is 5.97 Å². The summed E-state index contributed by atoms with van der Waals surface area (Å²) in [4.78, 5) is 22.8. The lowest BCUT2D eigenvalue weighted by Crippen LogP contribution is -2.31. The topological polar surface area (TPSA) is 75.6 Å². The van der Waals surface area contributed by atoms with Crippen molar-refractivity contribution in [3.05, 3.63) is 34.9 Å². The first-order valence-corrected chi connectivity index (χ1v) is 7.14. The van der Waals surface area contributed by atoms with Gasteiger partial charge in [-0.25, -0.2) is 0 Å². The molecular formula is C15H20ClNO4. The van der Waals surface area contributed by atoms with Crippen molar-refractivity contribution in [2.75, 3.05) is 6.61 Å². The number of carbonyl (C=O) groups excluding carboxylic acids is 1. The summed E-state index contributed by atoms with van der Waals surface area (Å²) < 4.78 is 5.30. The number of rotatable bonds is 8. The number of halogens is 1. The highest BCUT2D eigenvalue weighted by Gasteiger charge is 2.18. The van der Waals surface area contributed by atoms with Crippen LogP contribution in [0.1, 0.15) is 38.3 Å². The molecule has 0 bridgehead atoms. The summed E-state index contributed by atoms with van der Waals surface area (Å²) in [6.45, 7) is 4.08. The number of benzene rings is 1. The van der Waals surface area contributed by atoms with Gasteiger partial charge in [0, 0.05) is 11.4 Å². The lowest BCUT2D eigenvalue weighted by atomic mass is 10.0. The quantitative estimate of drug-likeness (QED) is 0.774. The smallest absolute Gasteiger partial charge is 0.305 e. The molecule has 1 aromatic rings. The molecule has 0 aromatic heterocycles. The molecule has 1 amide bonds. The van der Waals surface area contributed by atoms with E-state index in [9.17, 15) is 9.59 Å². The average molecular weight is 314 g/mol. The fourth-order valence-corrected chi connectivity index (χ4v) is 1.90. The summed E-state index contributed by atoms with van der Waals surface area (Å²) in [5, 5.41) is 12.2. The van der Waals surface area contributed by atoms with Gasteiger partial charge in [0.1, 0.15) is 0 Å². The first kappa shape index (κ1) is 17.5. The molecule has 0 radical (unpaired) electrons. The Morgan fingerprint density at radius 1 is 1.29 bits per heavy atom. The van der Waals surface area contributed by atoms with Crippen molar-refractivity contribution in [2.24, 2.45) is 0 Å². The van der Waals surface area contributed by atoms with Gasteiger partial charge in [0.2, 0.25) is 5.91 Å².